The third kappa shape index (κ3) is 2.13. The van der Waals surface area contributed by atoms with Crippen LogP contribution in [0.1, 0.15) is 32.1 Å². The van der Waals surface area contributed by atoms with Crippen molar-refractivity contribution in [2.75, 3.05) is 0 Å². The van der Waals surface area contributed by atoms with Crippen molar-refractivity contribution in [3.05, 3.63) is 0 Å². The van der Waals surface area contributed by atoms with Crippen molar-refractivity contribution in [2.24, 2.45) is 0 Å². The maximum Gasteiger partial charge on any atom is 0.0446 e. The summed E-state index contributed by atoms with van der Waals surface area (Å²) in [5, 5.41) is 0. The Kier molecular flexibility index (Phi) is 2.77. The molecule has 0 unspecified atom stereocenters. The minimum absolute atomic E-state index is 0.0647. The molecule has 0 N–H and O–H groups in total. The molecular formula is C8H17Si. The van der Waals surface area contributed by atoms with E-state index in [2.05, 4.69) is 13.1 Å². The van der Waals surface area contributed by atoms with Crippen LogP contribution in [0.5, 0.6) is 0 Å². The average molecular weight is 141 g/mol. The Morgan fingerprint density at radius 3 is 1.89 bits per heavy atom. The molecule has 9 heavy (non-hydrogen) atoms. The van der Waals surface area contributed by atoms with Gasteiger partial charge < -0.3 is 0 Å². The smallest absolute Gasteiger partial charge is 0.0446 e. The van der Waals surface area contributed by atoms with Crippen LogP contribution in [0, 0.1) is 0 Å². The van der Waals surface area contributed by atoms with Gasteiger partial charge in [-0.05, 0) is 5.54 Å². The van der Waals surface area contributed by atoms with Gasteiger partial charge in [0.05, 0.1) is 0 Å². The van der Waals surface area contributed by atoms with Crippen molar-refractivity contribution in [3.63, 3.8) is 0 Å². The summed E-state index contributed by atoms with van der Waals surface area (Å²) in [7, 11) is 0.0647. The second kappa shape index (κ2) is 3.40. The predicted molar refractivity (Wildman–Crippen MR) is 44.3 cm³/mol. The SMILES string of the molecule is C[Si](C)C1CCCCC1. The first-order valence-electron chi connectivity index (χ1n) is 4.11. The van der Waals surface area contributed by atoms with Crippen molar-refractivity contribution >= 4 is 8.80 Å². The van der Waals surface area contributed by atoms with E-state index in [1.807, 2.05) is 0 Å². The highest BCUT2D eigenvalue weighted by atomic mass is 28.3. The Hall–Kier alpha value is 0.217. The number of hydrogen-bond acceptors (Lipinski definition) is 0. The van der Waals surface area contributed by atoms with Gasteiger partial charge in [0.15, 0.2) is 0 Å². The lowest BCUT2D eigenvalue weighted by Gasteiger charge is -2.23. The fraction of sp³-hybridized carbons (Fsp3) is 1.00. The lowest BCUT2D eigenvalue weighted by molar-refractivity contribution is 0.497. The van der Waals surface area contributed by atoms with Gasteiger partial charge in [-0.2, -0.15) is 0 Å². The average Bonchev–Trinajstić information content (AvgIpc) is 1.90. The molecule has 0 aliphatic heterocycles. The highest BCUT2D eigenvalue weighted by molar-refractivity contribution is 6.57. The second-order valence-electron chi connectivity index (χ2n) is 3.41. The largest absolute Gasteiger partial charge is 0.0711 e. The zero-order valence-electron chi connectivity index (χ0n) is 6.61. The highest BCUT2D eigenvalue weighted by Gasteiger charge is 2.16. The molecule has 1 aliphatic rings. The molecule has 1 aliphatic carbocycles. The maximum absolute atomic E-state index is 2.46. The van der Waals surface area contributed by atoms with Crippen molar-refractivity contribution in [2.45, 2.75) is 50.7 Å². The highest BCUT2D eigenvalue weighted by Crippen LogP contribution is 2.30. The summed E-state index contributed by atoms with van der Waals surface area (Å²) in [5.74, 6) is 0. The van der Waals surface area contributed by atoms with Crippen LogP contribution in [-0.2, 0) is 0 Å². The summed E-state index contributed by atoms with van der Waals surface area (Å²) in [4.78, 5) is 0. The fourth-order valence-electron chi connectivity index (χ4n) is 1.68. The molecule has 53 valence electrons. The first kappa shape index (κ1) is 7.33. The van der Waals surface area contributed by atoms with E-state index < -0.39 is 0 Å². The zero-order valence-corrected chi connectivity index (χ0v) is 7.61. The zero-order chi connectivity index (χ0) is 6.69. The van der Waals surface area contributed by atoms with Crippen LogP contribution in [-0.4, -0.2) is 8.80 Å². The first-order chi connectivity index (χ1) is 4.30. The van der Waals surface area contributed by atoms with E-state index >= 15 is 0 Å². The molecule has 1 rings (SSSR count). The molecule has 0 amide bonds. The lowest BCUT2D eigenvalue weighted by Crippen LogP contribution is -2.14. The summed E-state index contributed by atoms with van der Waals surface area (Å²) in [5.41, 5.74) is 1.16. The van der Waals surface area contributed by atoms with Gasteiger partial charge in [-0.1, -0.05) is 45.2 Å². The van der Waals surface area contributed by atoms with E-state index in [0.717, 1.165) is 5.54 Å². The van der Waals surface area contributed by atoms with E-state index in [1.165, 1.54) is 19.3 Å². The van der Waals surface area contributed by atoms with E-state index in [1.54, 1.807) is 12.8 Å². The minimum atomic E-state index is 0.0647. The Labute approximate surface area is 60.3 Å². The summed E-state index contributed by atoms with van der Waals surface area (Å²) in [6, 6.07) is 0. The molecule has 0 aromatic carbocycles. The van der Waals surface area contributed by atoms with E-state index in [9.17, 15) is 0 Å². The van der Waals surface area contributed by atoms with Crippen LogP contribution < -0.4 is 0 Å². The van der Waals surface area contributed by atoms with Crippen molar-refractivity contribution in [1.29, 1.82) is 0 Å². The standard InChI is InChI=1S/C8H17Si/c1-9(2)8-6-4-3-5-7-8/h8H,3-7H2,1-2H3. The van der Waals surface area contributed by atoms with Gasteiger partial charge in [-0.25, -0.2) is 0 Å². The molecule has 1 saturated carbocycles. The van der Waals surface area contributed by atoms with Crippen molar-refractivity contribution in [3.8, 4) is 0 Å². The van der Waals surface area contributed by atoms with Crippen LogP contribution in [0.4, 0.5) is 0 Å². The van der Waals surface area contributed by atoms with Crippen molar-refractivity contribution in [1.82, 2.24) is 0 Å². The molecule has 1 radical (unpaired) electrons. The van der Waals surface area contributed by atoms with Gasteiger partial charge in [0.2, 0.25) is 0 Å². The summed E-state index contributed by atoms with van der Waals surface area (Å²) in [6.07, 6.45) is 7.62. The van der Waals surface area contributed by atoms with Gasteiger partial charge in [0.25, 0.3) is 0 Å². The fourth-order valence-corrected chi connectivity index (χ4v) is 3.24. The third-order valence-corrected chi connectivity index (χ3v) is 4.63. The topological polar surface area (TPSA) is 0 Å². The summed E-state index contributed by atoms with van der Waals surface area (Å²) < 4.78 is 0. The van der Waals surface area contributed by atoms with E-state index in [4.69, 9.17) is 0 Å². The molecule has 1 fully saturated rings. The maximum atomic E-state index is 2.46. The molecule has 0 aromatic heterocycles. The predicted octanol–water partition coefficient (Wildman–Crippen LogP) is 3.08. The van der Waals surface area contributed by atoms with Gasteiger partial charge in [-0.15, -0.1) is 0 Å². The van der Waals surface area contributed by atoms with E-state index in [-0.39, 0.29) is 8.80 Å². The molecule has 0 saturated heterocycles. The van der Waals surface area contributed by atoms with Crippen LogP contribution in [0.2, 0.25) is 18.6 Å². The van der Waals surface area contributed by atoms with Crippen molar-refractivity contribution < 1.29 is 0 Å². The molecule has 0 bridgehead atoms. The van der Waals surface area contributed by atoms with E-state index in [0.29, 0.717) is 0 Å². The van der Waals surface area contributed by atoms with Crippen LogP contribution in [0.25, 0.3) is 0 Å². The Morgan fingerprint density at radius 1 is 1.00 bits per heavy atom. The molecule has 0 heterocycles. The Morgan fingerprint density at radius 2 is 1.56 bits per heavy atom. The van der Waals surface area contributed by atoms with Gasteiger partial charge in [0, 0.05) is 8.80 Å². The third-order valence-electron chi connectivity index (χ3n) is 2.42. The van der Waals surface area contributed by atoms with Crippen LogP contribution in [0.15, 0.2) is 0 Å². The quantitative estimate of drug-likeness (QED) is 0.492. The summed E-state index contributed by atoms with van der Waals surface area (Å²) >= 11 is 0. The van der Waals surface area contributed by atoms with Gasteiger partial charge in [0.1, 0.15) is 0 Å². The Bertz CT molecular complexity index is 72.6. The van der Waals surface area contributed by atoms with Crippen LogP contribution in [0.3, 0.4) is 0 Å². The van der Waals surface area contributed by atoms with Gasteiger partial charge >= 0.3 is 0 Å². The molecule has 0 aromatic rings. The minimum Gasteiger partial charge on any atom is -0.0711 e. The molecule has 0 atom stereocenters. The monoisotopic (exact) mass is 141 g/mol. The van der Waals surface area contributed by atoms with Gasteiger partial charge in [-0.3, -0.25) is 0 Å². The van der Waals surface area contributed by atoms with Crippen LogP contribution >= 0.6 is 0 Å². The number of rotatable bonds is 1. The Balaban J connectivity index is 2.23. The molecule has 0 spiro atoms. The normalized spacial score (nSPS) is 23.0. The first-order valence-corrected chi connectivity index (χ1v) is 6.68. The summed E-state index contributed by atoms with van der Waals surface area (Å²) in [6.45, 7) is 4.92. The number of hydrogen-bond donors (Lipinski definition) is 0. The molecule has 0 nitrogen and oxygen atoms in total. The lowest BCUT2D eigenvalue weighted by atomic mass is 10.0. The second-order valence-corrected chi connectivity index (χ2v) is 6.38. The molecule has 1 heteroatoms. The molecular weight excluding hydrogens is 124 g/mol.